The lowest BCUT2D eigenvalue weighted by atomic mass is 9.58. The van der Waals surface area contributed by atoms with Crippen LogP contribution in [0.4, 0.5) is 0 Å². The third-order valence-corrected chi connectivity index (χ3v) is 4.34. The average Bonchev–Trinajstić information content (AvgIpc) is 2.90. The second-order valence-electron chi connectivity index (χ2n) is 4.87. The Morgan fingerprint density at radius 3 is 1.91 bits per heavy atom. The summed E-state index contributed by atoms with van der Waals surface area (Å²) in [5, 5.41) is 0. The van der Waals surface area contributed by atoms with Crippen LogP contribution in [0.15, 0.2) is 0 Å². The van der Waals surface area contributed by atoms with Crippen molar-refractivity contribution in [2.45, 2.75) is 51.4 Å². The molecule has 4 fully saturated rings. The van der Waals surface area contributed by atoms with Gasteiger partial charge in [-0.1, -0.05) is 0 Å². The van der Waals surface area contributed by atoms with Gasteiger partial charge in [-0.3, -0.25) is 0 Å². The Bertz CT molecular complexity index is 145. The van der Waals surface area contributed by atoms with Crippen molar-refractivity contribution < 1.29 is 0 Å². The molecule has 0 aliphatic heterocycles. The molecule has 0 aromatic rings. The van der Waals surface area contributed by atoms with E-state index in [2.05, 4.69) is 0 Å². The highest BCUT2D eigenvalue weighted by atomic mass is 14.5. The van der Waals surface area contributed by atoms with Crippen LogP contribution in [0.2, 0.25) is 0 Å². The number of hydrogen-bond acceptors (Lipinski definition) is 0. The van der Waals surface area contributed by atoms with Crippen LogP contribution in [-0.4, -0.2) is 0 Å². The molecule has 0 unspecified atom stereocenters. The van der Waals surface area contributed by atoms with Crippen LogP contribution >= 0.6 is 0 Å². The summed E-state index contributed by atoms with van der Waals surface area (Å²) < 4.78 is 0. The van der Waals surface area contributed by atoms with Crippen molar-refractivity contribution in [3.63, 3.8) is 0 Å². The van der Waals surface area contributed by atoms with Crippen LogP contribution in [0.25, 0.3) is 0 Å². The summed E-state index contributed by atoms with van der Waals surface area (Å²) in [5.74, 6) is 3.09. The monoisotopic (exact) mass is 149 g/mol. The quantitative estimate of drug-likeness (QED) is 0.536. The van der Waals surface area contributed by atoms with Crippen molar-refractivity contribution in [2.75, 3.05) is 0 Å². The molecule has 0 heterocycles. The lowest BCUT2D eigenvalue weighted by Crippen LogP contribution is -2.34. The fourth-order valence-electron chi connectivity index (χ4n) is 3.37. The van der Waals surface area contributed by atoms with Gasteiger partial charge in [0.2, 0.25) is 0 Å². The Labute approximate surface area is 69.4 Å². The Balaban J connectivity index is 1.83. The number of hydrogen-bond donors (Lipinski definition) is 0. The van der Waals surface area contributed by atoms with Gasteiger partial charge < -0.3 is 0 Å². The molecule has 4 aliphatic carbocycles. The van der Waals surface area contributed by atoms with E-state index >= 15 is 0 Å². The summed E-state index contributed by atoms with van der Waals surface area (Å²) in [6.45, 7) is 0. The average molecular weight is 149 g/mol. The smallest absolute Gasteiger partial charge is 0.0179 e. The van der Waals surface area contributed by atoms with E-state index in [-0.39, 0.29) is 0 Å². The summed E-state index contributed by atoms with van der Waals surface area (Å²) in [7, 11) is 0. The largest absolute Gasteiger partial charge is 0.0499 e. The molecular formula is C11H17. The van der Waals surface area contributed by atoms with E-state index in [1.165, 1.54) is 12.8 Å². The first-order valence-electron chi connectivity index (χ1n) is 5.24. The molecule has 4 rings (SSSR count). The van der Waals surface area contributed by atoms with E-state index in [0.717, 1.165) is 11.3 Å². The molecule has 2 bridgehead atoms. The van der Waals surface area contributed by atoms with Gasteiger partial charge in [-0.05, 0) is 68.6 Å². The minimum absolute atomic E-state index is 0.814. The topological polar surface area (TPSA) is 0 Å². The molecule has 0 aromatic heterocycles. The number of fused-ring (bicyclic) bond motifs is 3. The van der Waals surface area contributed by atoms with Gasteiger partial charge in [0.25, 0.3) is 0 Å². The van der Waals surface area contributed by atoms with E-state index in [1.807, 2.05) is 5.92 Å². The Hall–Kier alpha value is 0. The molecule has 0 heteroatoms. The van der Waals surface area contributed by atoms with Crippen molar-refractivity contribution in [1.29, 1.82) is 0 Å². The van der Waals surface area contributed by atoms with Crippen molar-refractivity contribution in [1.82, 2.24) is 0 Å². The lowest BCUT2D eigenvalue weighted by Gasteiger charge is -2.47. The highest BCUT2D eigenvalue weighted by Gasteiger charge is 2.49. The van der Waals surface area contributed by atoms with Crippen molar-refractivity contribution in [3.05, 3.63) is 5.92 Å². The standard InChI is InChI=1S/C11H17/c1-2-10(1)11-6-3-9(4-7-11)5-8-11/h9H,1-8H2. The first-order valence-corrected chi connectivity index (χ1v) is 5.24. The molecule has 0 nitrogen and oxygen atoms in total. The third kappa shape index (κ3) is 0.878. The first-order chi connectivity index (χ1) is 5.39. The van der Waals surface area contributed by atoms with Gasteiger partial charge in [0.15, 0.2) is 0 Å². The minimum Gasteiger partial charge on any atom is -0.0499 e. The maximum atomic E-state index is 1.95. The fraction of sp³-hybridized carbons (Fsp3) is 0.909. The molecule has 61 valence electrons. The van der Waals surface area contributed by atoms with E-state index in [9.17, 15) is 0 Å². The minimum atomic E-state index is 0.814. The van der Waals surface area contributed by atoms with E-state index in [4.69, 9.17) is 0 Å². The lowest BCUT2D eigenvalue weighted by molar-refractivity contribution is 0.0896. The van der Waals surface area contributed by atoms with Gasteiger partial charge in [0.05, 0.1) is 0 Å². The van der Waals surface area contributed by atoms with Gasteiger partial charge in [-0.2, -0.15) is 0 Å². The maximum absolute atomic E-state index is 1.95. The fourth-order valence-corrected chi connectivity index (χ4v) is 3.37. The molecule has 1 radical (unpaired) electrons. The predicted molar refractivity (Wildman–Crippen MR) is 46.1 cm³/mol. The summed E-state index contributed by atoms with van der Waals surface area (Å²) in [5.41, 5.74) is 0.814. The Morgan fingerprint density at radius 2 is 1.45 bits per heavy atom. The van der Waals surface area contributed by atoms with Crippen molar-refractivity contribution >= 4 is 0 Å². The predicted octanol–water partition coefficient (Wildman–Crippen LogP) is 3.33. The van der Waals surface area contributed by atoms with Gasteiger partial charge in [0, 0.05) is 0 Å². The molecule has 0 amide bonds. The van der Waals surface area contributed by atoms with Gasteiger partial charge in [-0.15, -0.1) is 0 Å². The molecular weight excluding hydrogens is 132 g/mol. The zero-order chi connectivity index (χ0) is 7.31. The molecule has 0 aromatic carbocycles. The second kappa shape index (κ2) is 2.02. The highest BCUT2D eigenvalue weighted by Crippen LogP contribution is 2.62. The normalized spacial score (nSPS) is 49.6. The molecule has 4 aliphatic rings. The highest BCUT2D eigenvalue weighted by molar-refractivity contribution is 5.20. The maximum Gasteiger partial charge on any atom is -0.0179 e. The Morgan fingerprint density at radius 1 is 0.909 bits per heavy atom. The molecule has 0 atom stereocenters. The zero-order valence-corrected chi connectivity index (χ0v) is 7.23. The summed E-state index contributed by atoms with van der Waals surface area (Å²) in [4.78, 5) is 0. The van der Waals surface area contributed by atoms with Gasteiger partial charge in [-0.25, -0.2) is 0 Å². The molecule has 4 saturated carbocycles. The molecule has 0 spiro atoms. The van der Waals surface area contributed by atoms with Crippen molar-refractivity contribution in [3.8, 4) is 0 Å². The van der Waals surface area contributed by atoms with Gasteiger partial charge in [0.1, 0.15) is 0 Å². The molecule has 11 heavy (non-hydrogen) atoms. The summed E-state index contributed by atoms with van der Waals surface area (Å²) in [6.07, 6.45) is 12.3. The second-order valence-corrected chi connectivity index (χ2v) is 4.87. The van der Waals surface area contributed by atoms with E-state index < -0.39 is 0 Å². The molecule has 0 saturated heterocycles. The molecule has 0 N–H and O–H groups in total. The van der Waals surface area contributed by atoms with Crippen LogP contribution in [-0.2, 0) is 0 Å². The van der Waals surface area contributed by atoms with Gasteiger partial charge >= 0.3 is 0 Å². The summed E-state index contributed by atoms with van der Waals surface area (Å²) >= 11 is 0. The van der Waals surface area contributed by atoms with Crippen LogP contribution in [0.1, 0.15) is 51.4 Å². The summed E-state index contributed by atoms with van der Waals surface area (Å²) in [6, 6.07) is 0. The van der Waals surface area contributed by atoms with Crippen LogP contribution in [0.5, 0.6) is 0 Å². The SMILES string of the molecule is C1C[C]1C12CCC(CC1)CC2. The van der Waals surface area contributed by atoms with Crippen molar-refractivity contribution in [2.24, 2.45) is 11.3 Å². The van der Waals surface area contributed by atoms with E-state index in [1.54, 1.807) is 38.5 Å². The van der Waals surface area contributed by atoms with E-state index in [0.29, 0.717) is 0 Å². The Kier molecular flexibility index (Phi) is 1.20. The van der Waals surface area contributed by atoms with Crippen LogP contribution < -0.4 is 0 Å². The van der Waals surface area contributed by atoms with Crippen LogP contribution in [0.3, 0.4) is 0 Å². The first kappa shape index (κ1) is 6.51. The third-order valence-electron chi connectivity index (χ3n) is 4.34. The van der Waals surface area contributed by atoms with Crippen LogP contribution in [0, 0.1) is 17.3 Å². The number of rotatable bonds is 1. The zero-order valence-electron chi connectivity index (χ0n) is 7.23.